The van der Waals surface area contributed by atoms with E-state index in [1.54, 1.807) is 11.1 Å². The lowest BCUT2D eigenvalue weighted by molar-refractivity contribution is -0.907. The van der Waals surface area contributed by atoms with Crippen LogP contribution in [0.4, 0.5) is 0 Å². The minimum Gasteiger partial charge on any atom is -0.370 e. The molecule has 8 heteroatoms. The normalized spacial score (nSPS) is 16.0. The van der Waals surface area contributed by atoms with E-state index in [2.05, 4.69) is 29.1 Å². The molecule has 2 rings (SSSR count). The van der Waals surface area contributed by atoms with Crippen LogP contribution in [0, 0.1) is 12.8 Å². The molecule has 0 aromatic carbocycles. The van der Waals surface area contributed by atoms with Gasteiger partial charge in [-0.3, -0.25) is 14.6 Å². The molecule has 1 aromatic heterocycles. The highest BCUT2D eigenvalue weighted by Gasteiger charge is 2.22. The molecule has 1 saturated heterocycles. The average molecular weight is 393 g/mol. The van der Waals surface area contributed by atoms with Crippen molar-refractivity contribution in [2.45, 2.75) is 40.2 Å². The van der Waals surface area contributed by atoms with Gasteiger partial charge in [-0.15, -0.1) is 0 Å². The second kappa shape index (κ2) is 11.1. The minimum absolute atomic E-state index is 0.0345. The van der Waals surface area contributed by atoms with Gasteiger partial charge in [0.05, 0.1) is 38.2 Å². The van der Waals surface area contributed by atoms with Gasteiger partial charge in [-0.25, -0.2) is 4.98 Å². The summed E-state index contributed by atoms with van der Waals surface area (Å²) in [7, 11) is 0. The fraction of sp³-hybridized carbons (Fsp3) is 0.700. The monoisotopic (exact) mass is 392 g/mol. The highest BCUT2D eigenvalue weighted by atomic mass is 16.5. The van der Waals surface area contributed by atoms with Crippen molar-refractivity contribution in [3.05, 3.63) is 23.8 Å². The molecule has 1 fully saturated rings. The van der Waals surface area contributed by atoms with Crippen LogP contribution in [-0.4, -0.2) is 78.7 Å². The molecule has 0 bridgehead atoms. The van der Waals surface area contributed by atoms with Crippen molar-refractivity contribution in [2.24, 2.45) is 5.92 Å². The lowest BCUT2D eigenvalue weighted by atomic mass is 10.1. The van der Waals surface area contributed by atoms with Crippen LogP contribution in [-0.2, 0) is 9.53 Å². The van der Waals surface area contributed by atoms with Crippen molar-refractivity contribution in [3.8, 4) is 0 Å². The highest BCUT2D eigenvalue weighted by molar-refractivity contribution is 5.92. The van der Waals surface area contributed by atoms with E-state index in [1.807, 2.05) is 13.8 Å². The number of hydrogen-bond donors (Lipinski definition) is 2. The number of aryl methyl sites for hydroxylation is 1. The maximum Gasteiger partial charge on any atom is 0.274 e. The molecule has 8 nitrogen and oxygen atoms in total. The van der Waals surface area contributed by atoms with Crippen LogP contribution >= 0.6 is 0 Å². The number of aromatic nitrogens is 2. The van der Waals surface area contributed by atoms with Crippen molar-refractivity contribution in [1.82, 2.24) is 20.2 Å². The highest BCUT2D eigenvalue weighted by Crippen LogP contribution is 2.04. The Morgan fingerprint density at radius 3 is 2.50 bits per heavy atom. The first-order chi connectivity index (χ1) is 13.4. The zero-order valence-electron chi connectivity index (χ0n) is 17.5. The molecule has 2 amide bonds. The maximum absolute atomic E-state index is 12.9. The molecule has 2 heterocycles. The van der Waals surface area contributed by atoms with Gasteiger partial charge < -0.3 is 19.9 Å². The van der Waals surface area contributed by atoms with Crippen LogP contribution in [0.5, 0.6) is 0 Å². The van der Waals surface area contributed by atoms with Gasteiger partial charge in [-0.05, 0) is 19.8 Å². The van der Waals surface area contributed by atoms with Crippen molar-refractivity contribution in [2.75, 3.05) is 45.9 Å². The molecule has 0 unspecified atom stereocenters. The van der Waals surface area contributed by atoms with Gasteiger partial charge in [-0.1, -0.05) is 13.8 Å². The van der Waals surface area contributed by atoms with E-state index in [0.29, 0.717) is 24.7 Å². The Hall–Kier alpha value is -2.06. The van der Waals surface area contributed by atoms with Crippen molar-refractivity contribution in [3.63, 3.8) is 0 Å². The Balaban J connectivity index is 1.97. The summed E-state index contributed by atoms with van der Waals surface area (Å²) < 4.78 is 5.40. The van der Waals surface area contributed by atoms with Crippen molar-refractivity contribution in [1.29, 1.82) is 0 Å². The van der Waals surface area contributed by atoms with Crippen LogP contribution in [0.2, 0.25) is 0 Å². The van der Waals surface area contributed by atoms with Gasteiger partial charge in [0.25, 0.3) is 5.91 Å². The number of ether oxygens (including phenoxy) is 1. The number of nitrogens with one attached hydrogen (secondary N) is 2. The summed E-state index contributed by atoms with van der Waals surface area (Å²) in [5, 5.41) is 3.00. The Morgan fingerprint density at radius 2 is 1.89 bits per heavy atom. The minimum atomic E-state index is -0.176. The van der Waals surface area contributed by atoms with E-state index < -0.39 is 0 Å². The molecule has 1 aromatic rings. The Morgan fingerprint density at radius 1 is 1.18 bits per heavy atom. The third-order valence-corrected chi connectivity index (χ3v) is 5.22. The number of nitrogens with zero attached hydrogens (tertiary/aromatic N) is 3. The van der Waals surface area contributed by atoms with Crippen molar-refractivity contribution >= 4 is 11.8 Å². The Labute approximate surface area is 167 Å². The molecule has 0 saturated carbocycles. The first-order valence-corrected chi connectivity index (χ1v) is 10.2. The van der Waals surface area contributed by atoms with E-state index in [-0.39, 0.29) is 24.3 Å². The number of carbonyl (C=O) groups is 2. The molecule has 1 aliphatic heterocycles. The number of rotatable bonds is 9. The summed E-state index contributed by atoms with van der Waals surface area (Å²) in [6.45, 7) is 13.1. The molecule has 0 aliphatic carbocycles. The van der Waals surface area contributed by atoms with Crippen molar-refractivity contribution < 1.29 is 19.2 Å². The summed E-state index contributed by atoms with van der Waals surface area (Å²) in [5.74, 6) is 0.159. The quantitative estimate of drug-likeness (QED) is 0.602. The average Bonchev–Trinajstić information content (AvgIpc) is 2.68. The number of morpholine rings is 1. The van der Waals surface area contributed by atoms with E-state index in [1.165, 1.54) is 11.1 Å². The zero-order chi connectivity index (χ0) is 20.5. The van der Waals surface area contributed by atoms with E-state index in [4.69, 9.17) is 4.74 Å². The fourth-order valence-electron chi connectivity index (χ4n) is 2.91. The second-order valence-corrected chi connectivity index (χ2v) is 7.80. The first kappa shape index (κ1) is 22.2. The zero-order valence-corrected chi connectivity index (χ0v) is 17.5. The largest absolute Gasteiger partial charge is 0.370 e. The lowest BCUT2D eigenvalue weighted by Gasteiger charge is -2.28. The van der Waals surface area contributed by atoms with Gasteiger partial charge in [0.1, 0.15) is 18.8 Å². The van der Waals surface area contributed by atoms with Crippen LogP contribution in [0.25, 0.3) is 0 Å². The predicted octanol–water partition coefficient (Wildman–Crippen LogP) is -0.307. The van der Waals surface area contributed by atoms with Gasteiger partial charge in [0, 0.05) is 25.2 Å². The SMILES string of the molecule is Cc1cnc(C(=O)N(CCC(=O)N[C@H](C)C(C)C)CC[NH+]2CCOCC2)cn1. The number of amides is 2. The summed E-state index contributed by atoms with van der Waals surface area (Å²) in [4.78, 5) is 36.7. The summed E-state index contributed by atoms with van der Waals surface area (Å²) in [6, 6.07) is 0.109. The predicted molar refractivity (Wildman–Crippen MR) is 106 cm³/mol. The topological polar surface area (TPSA) is 88.9 Å². The number of quaternary nitrogens is 1. The van der Waals surface area contributed by atoms with Gasteiger partial charge in [0.15, 0.2) is 0 Å². The molecule has 0 spiro atoms. The van der Waals surface area contributed by atoms with E-state index in [0.717, 1.165) is 38.5 Å². The smallest absolute Gasteiger partial charge is 0.274 e. The third-order valence-electron chi connectivity index (χ3n) is 5.22. The van der Waals surface area contributed by atoms with Crippen LogP contribution in [0.1, 0.15) is 43.4 Å². The van der Waals surface area contributed by atoms with Crippen LogP contribution < -0.4 is 10.2 Å². The van der Waals surface area contributed by atoms with E-state index >= 15 is 0 Å². The molecular weight excluding hydrogens is 358 g/mol. The maximum atomic E-state index is 12.9. The molecule has 2 N–H and O–H groups in total. The standard InChI is InChI=1S/C20H33N5O3/c1-15(2)17(4)23-19(26)5-6-25(8-7-24-9-11-28-12-10-24)20(27)18-14-21-16(3)13-22-18/h13-15,17H,5-12H2,1-4H3,(H,23,26)/p+1/t17-/m1/s1. The molecule has 156 valence electrons. The molecular formula is C20H34N5O3+. The Kier molecular flexibility index (Phi) is 8.79. The first-order valence-electron chi connectivity index (χ1n) is 10.2. The summed E-state index contributed by atoms with van der Waals surface area (Å²) >= 11 is 0. The van der Waals surface area contributed by atoms with Crippen LogP contribution in [0.3, 0.4) is 0 Å². The molecule has 0 radical (unpaired) electrons. The molecule has 1 aliphatic rings. The van der Waals surface area contributed by atoms with Gasteiger partial charge in [0.2, 0.25) is 5.91 Å². The fourth-order valence-corrected chi connectivity index (χ4v) is 2.91. The molecule has 28 heavy (non-hydrogen) atoms. The van der Waals surface area contributed by atoms with E-state index in [9.17, 15) is 9.59 Å². The third kappa shape index (κ3) is 7.16. The summed E-state index contributed by atoms with van der Waals surface area (Å²) in [6.07, 6.45) is 3.38. The summed E-state index contributed by atoms with van der Waals surface area (Å²) in [5.41, 5.74) is 1.08. The lowest BCUT2D eigenvalue weighted by Crippen LogP contribution is -3.14. The van der Waals surface area contributed by atoms with Gasteiger partial charge in [-0.2, -0.15) is 0 Å². The Bertz CT molecular complexity index is 629. The number of carbonyl (C=O) groups excluding carboxylic acids is 2. The second-order valence-electron chi connectivity index (χ2n) is 7.80. The van der Waals surface area contributed by atoms with Crippen LogP contribution in [0.15, 0.2) is 12.4 Å². The van der Waals surface area contributed by atoms with Gasteiger partial charge >= 0.3 is 0 Å². The molecule has 1 atom stereocenters. The number of hydrogen-bond acceptors (Lipinski definition) is 5.